The molecule has 1 N–H and O–H groups in total. The molecule has 0 saturated heterocycles. The van der Waals surface area contributed by atoms with Gasteiger partial charge in [-0.1, -0.05) is 41.7 Å². The quantitative estimate of drug-likeness (QED) is 0.505. The Morgan fingerprint density at radius 3 is 2.53 bits per heavy atom. The summed E-state index contributed by atoms with van der Waals surface area (Å²) < 4.78 is 27.4. The highest BCUT2D eigenvalue weighted by molar-refractivity contribution is 7.89. The third-order valence-corrected chi connectivity index (χ3v) is 8.02. The highest BCUT2D eigenvalue weighted by Gasteiger charge is 2.23. The van der Waals surface area contributed by atoms with Gasteiger partial charge in [-0.25, -0.2) is 17.7 Å². The summed E-state index contributed by atoms with van der Waals surface area (Å²) in [6.07, 6.45) is 0. The predicted molar refractivity (Wildman–Crippen MR) is 122 cm³/mol. The molecule has 0 saturated carbocycles. The molecule has 3 aromatic carbocycles. The van der Waals surface area contributed by atoms with Crippen molar-refractivity contribution in [2.45, 2.75) is 18.7 Å². The zero-order valence-corrected chi connectivity index (χ0v) is 18.7. The number of anilines is 1. The van der Waals surface area contributed by atoms with Crippen molar-refractivity contribution in [2.75, 3.05) is 19.4 Å². The minimum atomic E-state index is -3.66. The molecule has 1 aromatic heterocycles. The van der Waals surface area contributed by atoms with Gasteiger partial charge in [0.2, 0.25) is 10.0 Å². The molecule has 0 unspecified atom stereocenters. The molecular formula is C22H21N3O3S2. The van der Waals surface area contributed by atoms with Gasteiger partial charge < -0.3 is 0 Å². The maximum Gasteiger partial charge on any atom is 0.257 e. The Labute approximate surface area is 179 Å². The van der Waals surface area contributed by atoms with Crippen molar-refractivity contribution >= 4 is 53.4 Å². The lowest BCUT2D eigenvalue weighted by atomic mass is 10.1. The van der Waals surface area contributed by atoms with E-state index in [2.05, 4.69) is 10.3 Å². The number of fused-ring (bicyclic) bond motifs is 3. The van der Waals surface area contributed by atoms with Crippen LogP contribution in [0.4, 0.5) is 5.13 Å². The number of benzene rings is 3. The molecule has 8 heteroatoms. The van der Waals surface area contributed by atoms with E-state index in [0.717, 1.165) is 30.9 Å². The summed E-state index contributed by atoms with van der Waals surface area (Å²) in [5.74, 6) is -0.392. The van der Waals surface area contributed by atoms with Crippen LogP contribution >= 0.6 is 11.3 Å². The summed E-state index contributed by atoms with van der Waals surface area (Å²) in [5.41, 5.74) is 2.48. The highest BCUT2D eigenvalue weighted by atomic mass is 32.2. The third kappa shape index (κ3) is 3.47. The van der Waals surface area contributed by atoms with E-state index in [9.17, 15) is 13.2 Å². The van der Waals surface area contributed by atoms with Crippen LogP contribution < -0.4 is 5.32 Å². The van der Waals surface area contributed by atoms with Crippen molar-refractivity contribution in [3.05, 3.63) is 65.2 Å². The van der Waals surface area contributed by atoms with Crippen LogP contribution in [0, 0.1) is 13.8 Å². The Balaban J connectivity index is 1.72. The summed E-state index contributed by atoms with van der Waals surface area (Å²) in [6.45, 7) is 3.54. The Bertz CT molecular complexity index is 1410. The van der Waals surface area contributed by atoms with Crippen molar-refractivity contribution in [1.29, 1.82) is 0 Å². The van der Waals surface area contributed by atoms with E-state index < -0.39 is 15.9 Å². The van der Waals surface area contributed by atoms with Crippen LogP contribution in [-0.4, -0.2) is 37.7 Å². The van der Waals surface area contributed by atoms with Crippen molar-refractivity contribution in [3.8, 4) is 0 Å². The van der Waals surface area contributed by atoms with E-state index in [4.69, 9.17) is 0 Å². The normalized spacial score (nSPS) is 12.0. The molecule has 0 aliphatic rings. The lowest BCUT2D eigenvalue weighted by molar-refractivity contribution is 0.102. The molecule has 0 radical (unpaired) electrons. The van der Waals surface area contributed by atoms with E-state index in [1.807, 2.05) is 36.4 Å². The summed E-state index contributed by atoms with van der Waals surface area (Å²) in [5, 5.41) is 5.41. The van der Waals surface area contributed by atoms with E-state index in [1.165, 1.54) is 31.5 Å². The Hall–Kier alpha value is -2.81. The molecular weight excluding hydrogens is 418 g/mol. The number of amides is 1. The average Bonchev–Trinajstić information content (AvgIpc) is 3.12. The van der Waals surface area contributed by atoms with E-state index in [-0.39, 0.29) is 10.5 Å². The SMILES string of the molecule is Cc1cc(C(=O)Nc2nc3c(ccc4ccccc43)s2)cc(S(=O)(=O)N(C)C)c1C. The van der Waals surface area contributed by atoms with Crippen LogP contribution in [0.2, 0.25) is 0 Å². The van der Waals surface area contributed by atoms with Crippen molar-refractivity contribution < 1.29 is 13.2 Å². The fourth-order valence-corrected chi connectivity index (χ4v) is 5.40. The van der Waals surface area contributed by atoms with Crippen LogP contribution in [0.15, 0.2) is 53.4 Å². The second-order valence-corrected chi connectivity index (χ2v) is 10.5. The van der Waals surface area contributed by atoms with E-state index >= 15 is 0 Å². The zero-order chi connectivity index (χ0) is 21.6. The summed E-state index contributed by atoms with van der Waals surface area (Å²) >= 11 is 1.39. The maximum atomic E-state index is 12.9. The van der Waals surface area contributed by atoms with Crippen LogP contribution in [0.1, 0.15) is 21.5 Å². The number of nitrogens with one attached hydrogen (secondary N) is 1. The van der Waals surface area contributed by atoms with Gasteiger partial charge in [0.05, 0.1) is 15.1 Å². The van der Waals surface area contributed by atoms with Gasteiger partial charge >= 0.3 is 0 Å². The lowest BCUT2D eigenvalue weighted by Gasteiger charge is -2.16. The minimum Gasteiger partial charge on any atom is -0.298 e. The number of hydrogen-bond donors (Lipinski definition) is 1. The molecule has 4 aromatic rings. The first-order valence-electron chi connectivity index (χ1n) is 9.32. The standard InChI is InChI=1S/C22H21N3O3S2/c1-13-11-16(12-19(14(13)2)30(27,28)25(3)4)21(26)24-22-23-20-17-8-6-5-7-15(17)9-10-18(20)29-22/h5-12H,1-4H3,(H,23,24,26). The number of rotatable bonds is 4. The maximum absolute atomic E-state index is 12.9. The molecule has 0 bridgehead atoms. The zero-order valence-electron chi connectivity index (χ0n) is 17.1. The number of aromatic nitrogens is 1. The number of carbonyl (C=O) groups is 1. The minimum absolute atomic E-state index is 0.132. The van der Waals surface area contributed by atoms with Gasteiger partial charge in [0, 0.05) is 25.0 Å². The molecule has 4 rings (SSSR count). The highest BCUT2D eigenvalue weighted by Crippen LogP contribution is 2.32. The fourth-order valence-electron chi connectivity index (χ4n) is 3.31. The number of sulfonamides is 1. The van der Waals surface area contributed by atoms with Gasteiger partial charge in [0.25, 0.3) is 5.91 Å². The van der Waals surface area contributed by atoms with Crippen LogP contribution in [0.25, 0.3) is 21.0 Å². The summed E-state index contributed by atoms with van der Waals surface area (Å²) in [6, 6.07) is 15.1. The second-order valence-electron chi connectivity index (χ2n) is 7.31. The molecule has 0 spiro atoms. The van der Waals surface area contributed by atoms with Gasteiger partial charge in [-0.05, 0) is 48.6 Å². The molecule has 154 valence electrons. The number of carbonyl (C=O) groups excluding carboxylic acids is 1. The van der Waals surface area contributed by atoms with Crippen LogP contribution in [0.3, 0.4) is 0 Å². The molecule has 1 amide bonds. The molecule has 0 atom stereocenters. The number of aryl methyl sites for hydroxylation is 1. The summed E-state index contributed by atoms with van der Waals surface area (Å²) in [4.78, 5) is 17.7. The average molecular weight is 440 g/mol. The summed E-state index contributed by atoms with van der Waals surface area (Å²) in [7, 11) is -0.714. The van der Waals surface area contributed by atoms with Gasteiger partial charge in [-0.3, -0.25) is 10.1 Å². The Morgan fingerprint density at radius 2 is 1.80 bits per heavy atom. The third-order valence-electron chi connectivity index (χ3n) is 5.14. The first-order chi connectivity index (χ1) is 14.2. The first kappa shape index (κ1) is 20.5. The molecule has 30 heavy (non-hydrogen) atoms. The number of nitrogens with zero attached hydrogens (tertiary/aromatic N) is 2. The van der Waals surface area contributed by atoms with Crippen molar-refractivity contribution in [3.63, 3.8) is 0 Å². The van der Waals surface area contributed by atoms with Gasteiger partial charge in [-0.2, -0.15) is 0 Å². The lowest BCUT2D eigenvalue weighted by Crippen LogP contribution is -2.24. The largest absolute Gasteiger partial charge is 0.298 e. The Kier molecular flexibility index (Phi) is 5.09. The first-order valence-corrected chi connectivity index (χ1v) is 11.6. The van der Waals surface area contributed by atoms with Crippen LogP contribution in [-0.2, 0) is 10.0 Å². The van der Waals surface area contributed by atoms with Crippen molar-refractivity contribution in [1.82, 2.24) is 9.29 Å². The van der Waals surface area contributed by atoms with Crippen molar-refractivity contribution in [2.24, 2.45) is 0 Å². The molecule has 0 fully saturated rings. The molecule has 1 heterocycles. The topological polar surface area (TPSA) is 79.4 Å². The number of hydrogen-bond acceptors (Lipinski definition) is 5. The predicted octanol–water partition coefficient (Wildman–Crippen LogP) is 4.57. The van der Waals surface area contributed by atoms with Gasteiger partial charge in [-0.15, -0.1) is 0 Å². The monoisotopic (exact) mass is 439 g/mol. The van der Waals surface area contributed by atoms with E-state index in [0.29, 0.717) is 10.7 Å². The molecule has 0 aliphatic carbocycles. The molecule has 0 aliphatic heterocycles. The Morgan fingerprint density at radius 1 is 1.07 bits per heavy atom. The second kappa shape index (κ2) is 7.46. The number of thiazole rings is 1. The fraction of sp³-hybridized carbons (Fsp3) is 0.182. The van der Waals surface area contributed by atoms with Crippen LogP contribution in [0.5, 0.6) is 0 Å². The molecule has 6 nitrogen and oxygen atoms in total. The van der Waals surface area contributed by atoms with Gasteiger partial charge in [0.15, 0.2) is 5.13 Å². The van der Waals surface area contributed by atoms with E-state index in [1.54, 1.807) is 19.9 Å². The van der Waals surface area contributed by atoms with Gasteiger partial charge in [0.1, 0.15) is 0 Å². The smallest absolute Gasteiger partial charge is 0.257 e.